The molecule has 1 aliphatic heterocycles. The van der Waals surface area contributed by atoms with E-state index in [-0.39, 0.29) is 5.97 Å². The zero-order chi connectivity index (χ0) is 13.0. The van der Waals surface area contributed by atoms with Gasteiger partial charge in [-0.2, -0.15) is 0 Å². The average Bonchev–Trinajstić information content (AvgIpc) is 2.47. The number of rotatable bonds is 3. The zero-order valence-corrected chi connectivity index (χ0v) is 11.2. The lowest BCUT2D eigenvalue weighted by molar-refractivity contribution is -0.156. The van der Waals surface area contributed by atoms with E-state index in [0.717, 1.165) is 31.5 Å². The summed E-state index contributed by atoms with van der Waals surface area (Å²) < 4.78 is 5.04. The number of methoxy groups -OCH3 is 1. The van der Waals surface area contributed by atoms with Crippen LogP contribution in [0, 0.1) is 0 Å². The van der Waals surface area contributed by atoms with E-state index in [0.29, 0.717) is 0 Å². The first kappa shape index (κ1) is 13.1. The van der Waals surface area contributed by atoms with Crippen LogP contribution in [0.25, 0.3) is 0 Å². The van der Waals surface area contributed by atoms with Gasteiger partial charge in [0.2, 0.25) is 0 Å². The molecule has 0 spiro atoms. The molecular weight excluding hydrogens is 226 g/mol. The summed E-state index contributed by atoms with van der Waals surface area (Å²) in [7, 11) is 1.47. The third kappa shape index (κ3) is 2.27. The summed E-state index contributed by atoms with van der Waals surface area (Å²) in [5.41, 5.74) is 0.356. The lowest BCUT2D eigenvalue weighted by Crippen LogP contribution is -2.52. The summed E-state index contributed by atoms with van der Waals surface area (Å²) in [5, 5.41) is 0. The van der Waals surface area contributed by atoms with Crippen molar-refractivity contribution < 1.29 is 9.53 Å². The van der Waals surface area contributed by atoms with E-state index in [2.05, 4.69) is 4.90 Å². The molecule has 2 rings (SSSR count). The standard InChI is InChI=1S/C15H21NO2/c1-15(14(17)18-2,13-9-5-3-6-10-13)16-11-7-4-8-12-16/h3,5-6,9-10H,4,7-8,11-12H2,1-2H3/t15-/m0/s1. The van der Waals surface area contributed by atoms with Crippen LogP contribution in [0.5, 0.6) is 0 Å². The molecule has 0 aromatic heterocycles. The number of carbonyl (C=O) groups excluding carboxylic acids is 1. The highest BCUT2D eigenvalue weighted by atomic mass is 16.5. The number of hydrogen-bond donors (Lipinski definition) is 0. The monoisotopic (exact) mass is 247 g/mol. The van der Waals surface area contributed by atoms with Crippen LogP contribution in [-0.4, -0.2) is 31.1 Å². The zero-order valence-electron chi connectivity index (χ0n) is 11.2. The summed E-state index contributed by atoms with van der Waals surface area (Å²) in [6, 6.07) is 9.93. The largest absolute Gasteiger partial charge is 0.467 e. The van der Waals surface area contributed by atoms with Crippen molar-refractivity contribution in [1.82, 2.24) is 4.90 Å². The van der Waals surface area contributed by atoms with E-state index >= 15 is 0 Å². The van der Waals surface area contributed by atoms with Crippen LogP contribution in [0.15, 0.2) is 30.3 Å². The third-order valence-electron chi connectivity index (χ3n) is 3.91. The van der Waals surface area contributed by atoms with Crippen molar-refractivity contribution in [1.29, 1.82) is 0 Å². The van der Waals surface area contributed by atoms with Gasteiger partial charge in [0.15, 0.2) is 0 Å². The molecular formula is C15H21NO2. The predicted octanol–water partition coefficient (Wildman–Crippen LogP) is 2.56. The number of benzene rings is 1. The molecule has 0 saturated carbocycles. The minimum Gasteiger partial charge on any atom is -0.467 e. The van der Waals surface area contributed by atoms with Crippen molar-refractivity contribution in [3.8, 4) is 0 Å². The van der Waals surface area contributed by atoms with Gasteiger partial charge in [0, 0.05) is 0 Å². The van der Waals surface area contributed by atoms with Gasteiger partial charge in [0.05, 0.1) is 7.11 Å². The molecule has 1 atom stereocenters. The maximum absolute atomic E-state index is 12.3. The second-order valence-electron chi connectivity index (χ2n) is 4.98. The Balaban J connectivity index is 2.36. The number of esters is 1. The van der Waals surface area contributed by atoms with E-state index in [1.165, 1.54) is 13.5 Å². The number of ether oxygens (including phenoxy) is 1. The first-order valence-corrected chi connectivity index (χ1v) is 6.58. The molecule has 98 valence electrons. The number of piperidine rings is 1. The molecule has 0 unspecified atom stereocenters. The van der Waals surface area contributed by atoms with Crippen molar-refractivity contribution >= 4 is 5.97 Å². The Morgan fingerprint density at radius 1 is 1.17 bits per heavy atom. The molecule has 1 fully saturated rings. The van der Waals surface area contributed by atoms with Crippen LogP contribution in [0.2, 0.25) is 0 Å². The van der Waals surface area contributed by atoms with Gasteiger partial charge in [-0.1, -0.05) is 36.8 Å². The molecule has 3 nitrogen and oxygen atoms in total. The SMILES string of the molecule is COC(=O)[C@](C)(c1ccccc1)N1CCCCC1. The molecule has 0 bridgehead atoms. The topological polar surface area (TPSA) is 29.5 Å². The average molecular weight is 247 g/mol. The fraction of sp³-hybridized carbons (Fsp3) is 0.533. The van der Waals surface area contributed by atoms with Crippen molar-refractivity contribution in [2.45, 2.75) is 31.7 Å². The van der Waals surface area contributed by atoms with Crippen molar-refractivity contribution in [2.75, 3.05) is 20.2 Å². The summed E-state index contributed by atoms with van der Waals surface area (Å²) >= 11 is 0. The molecule has 0 amide bonds. The van der Waals surface area contributed by atoms with Crippen LogP contribution in [0.4, 0.5) is 0 Å². The predicted molar refractivity (Wildman–Crippen MR) is 71.2 cm³/mol. The molecule has 1 heterocycles. The van der Waals surface area contributed by atoms with E-state index in [9.17, 15) is 4.79 Å². The molecule has 0 aliphatic carbocycles. The maximum atomic E-state index is 12.3. The minimum atomic E-state index is -0.656. The Bertz CT molecular complexity index is 398. The van der Waals surface area contributed by atoms with Crippen LogP contribution < -0.4 is 0 Å². The Kier molecular flexibility index (Phi) is 4.02. The summed E-state index contributed by atoms with van der Waals surface area (Å²) in [6.45, 7) is 3.89. The third-order valence-corrected chi connectivity index (χ3v) is 3.91. The van der Waals surface area contributed by atoms with Crippen molar-refractivity contribution in [2.24, 2.45) is 0 Å². The minimum absolute atomic E-state index is 0.171. The summed E-state index contributed by atoms with van der Waals surface area (Å²) in [5.74, 6) is -0.171. The van der Waals surface area contributed by atoms with Crippen molar-refractivity contribution in [3.63, 3.8) is 0 Å². The lowest BCUT2D eigenvalue weighted by Gasteiger charge is -2.41. The molecule has 3 heteroatoms. The van der Waals surface area contributed by atoms with Crippen LogP contribution in [0.1, 0.15) is 31.7 Å². The second kappa shape index (κ2) is 5.53. The van der Waals surface area contributed by atoms with Gasteiger partial charge in [-0.3, -0.25) is 4.90 Å². The van der Waals surface area contributed by atoms with Gasteiger partial charge in [-0.05, 0) is 38.4 Å². The van der Waals surface area contributed by atoms with Gasteiger partial charge >= 0.3 is 5.97 Å². The number of hydrogen-bond acceptors (Lipinski definition) is 3. The van der Waals surface area contributed by atoms with Crippen molar-refractivity contribution in [3.05, 3.63) is 35.9 Å². The van der Waals surface area contributed by atoms with E-state index in [1.807, 2.05) is 37.3 Å². The molecule has 1 saturated heterocycles. The summed E-state index contributed by atoms with van der Waals surface area (Å²) in [4.78, 5) is 14.5. The Labute approximate surface area is 109 Å². The highest BCUT2D eigenvalue weighted by molar-refractivity contribution is 5.82. The first-order chi connectivity index (χ1) is 8.69. The molecule has 1 aromatic carbocycles. The second-order valence-corrected chi connectivity index (χ2v) is 4.98. The van der Waals surface area contributed by atoms with Gasteiger partial charge in [0.1, 0.15) is 5.54 Å². The van der Waals surface area contributed by atoms with E-state index in [4.69, 9.17) is 4.74 Å². The Hall–Kier alpha value is -1.35. The first-order valence-electron chi connectivity index (χ1n) is 6.58. The molecule has 18 heavy (non-hydrogen) atoms. The molecule has 1 aromatic rings. The van der Waals surface area contributed by atoms with E-state index < -0.39 is 5.54 Å². The van der Waals surface area contributed by atoms with Gasteiger partial charge in [0.25, 0.3) is 0 Å². The fourth-order valence-corrected chi connectivity index (χ4v) is 2.73. The van der Waals surface area contributed by atoms with Gasteiger partial charge in [-0.15, -0.1) is 0 Å². The molecule has 1 aliphatic rings. The van der Waals surface area contributed by atoms with Crippen LogP contribution in [0.3, 0.4) is 0 Å². The summed E-state index contributed by atoms with van der Waals surface area (Å²) in [6.07, 6.45) is 3.56. The number of carbonyl (C=O) groups is 1. The Morgan fingerprint density at radius 2 is 1.78 bits per heavy atom. The highest BCUT2D eigenvalue weighted by Gasteiger charge is 2.42. The van der Waals surface area contributed by atoms with E-state index in [1.54, 1.807) is 0 Å². The Morgan fingerprint density at radius 3 is 2.33 bits per heavy atom. The molecule has 0 N–H and O–H groups in total. The normalized spacial score (nSPS) is 20.1. The molecule has 0 radical (unpaired) electrons. The lowest BCUT2D eigenvalue weighted by atomic mass is 9.88. The number of likely N-dealkylation sites (tertiary alicyclic amines) is 1. The number of nitrogens with zero attached hydrogens (tertiary/aromatic N) is 1. The van der Waals surface area contributed by atoms with Crippen LogP contribution >= 0.6 is 0 Å². The van der Waals surface area contributed by atoms with Crippen LogP contribution in [-0.2, 0) is 15.1 Å². The van der Waals surface area contributed by atoms with Gasteiger partial charge in [-0.25, -0.2) is 4.79 Å². The smallest absolute Gasteiger partial charge is 0.330 e. The maximum Gasteiger partial charge on any atom is 0.330 e. The quantitative estimate of drug-likeness (QED) is 0.769. The fourth-order valence-electron chi connectivity index (χ4n) is 2.73. The highest BCUT2D eigenvalue weighted by Crippen LogP contribution is 2.32. The van der Waals surface area contributed by atoms with Gasteiger partial charge < -0.3 is 4.74 Å².